The number of fused-ring (bicyclic) bond motifs is 1. The van der Waals surface area contributed by atoms with Crippen molar-refractivity contribution in [3.05, 3.63) is 0 Å². The van der Waals surface area contributed by atoms with Gasteiger partial charge in [-0.25, -0.2) is 14.5 Å². The van der Waals surface area contributed by atoms with Crippen molar-refractivity contribution in [3.63, 3.8) is 0 Å². The fraction of sp³-hybridized carbons (Fsp3) is 0.692. The van der Waals surface area contributed by atoms with Gasteiger partial charge in [0.25, 0.3) is 0 Å². The highest BCUT2D eigenvalue weighted by molar-refractivity contribution is 6.08. The van der Waals surface area contributed by atoms with E-state index in [1.54, 1.807) is 20.9 Å². The Morgan fingerprint density at radius 2 is 1.67 bits per heavy atom. The zero-order valence-electron chi connectivity index (χ0n) is 13.1. The molecule has 2 heterocycles. The van der Waals surface area contributed by atoms with Gasteiger partial charge in [0.1, 0.15) is 5.78 Å². The van der Waals surface area contributed by atoms with Crippen molar-refractivity contribution in [2.45, 2.75) is 39.0 Å². The van der Waals surface area contributed by atoms with Gasteiger partial charge in [-0.05, 0) is 27.7 Å². The Labute approximate surface area is 123 Å². The van der Waals surface area contributed by atoms with E-state index in [-0.39, 0.29) is 11.8 Å². The van der Waals surface area contributed by atoms with Crippen LogP contribution in [-0.2, 0) is 9.59 Å². The first-order valence-electron chi connectivity index (χ1n) is 6.68. The Morgan fingerprint density at radius 1 is 1.14 bits per heavy atom. The van der Waals surface area contributed by atoms with Crippen molar-refractivity contribution in [1.29, 1.82) is 0 Å². The van der Waals surface area contributed by atoms with Crippen molar-refractivity contribution < 1.29 is 19.2 Å². The first kappa shape index (κ1) is 15.3. The largest absolute Gasteiger partial charge is 0.330 e. The highest BCUT2D eigenvalue weighted by Gasteiger charge is 2.71. The fourth-order valence-corrected chi connectivity index (χ4v) is 2.96. The van der Waals surface area contributed by atoms with Gasteiger partial charge in [-0.3, -0.25) is 9.59 Å². The van der Waals surface area contributed by atoms with Crippen molar-refractivity contribution in [1.82, 2.24) is 20.0 Å². The first-order valence-corrected chi connectivity index (χ1v) is 6.68. The van der Waals surface area contributed by atoms with Crippen LogP contribution in [0.15, 0.2) is 0 Å². The first-order chi connectivity index (χ1) is 9.50. The summed E-state index contributed by atoms with van der Waals surface area (Å²) in [4.78, 5) is 52.2. The van der Waals surface area contributed by atoms with Gasteiger partial charge in [0.15, 0.2) is 11.3 Å². The predicted molar refractivity (Wildman–Crippen MR) is 73.0 cm³/mol. The van der Waals surface area contributed by atoms with Gasteiger partial charge in [0.05, 0.1) is 5.92 Å². The topological polar surface area (TPSA) is 90.0 Å². The highest BCUT2D eigenvalue weighted by Crippen LogP contribution is 2.45. The Balaban J connectivity index is 2.54. The zero-order valence-corrected chi connectivity index (χ0v) is 13.1. The standard InChI is InChI=1S/C13H20N4O4/c1-7(8(2)18)9(19)17-11(21)16(6)13(4)12(17,3)14-10(20)15(13)5/h7H,1-6H3,(H,14,20)/t7?,12-,13+/m1/s1. The summed E-state index contributed by atoms with van der Waals surface area (Å²) in [6, 6.07) is -0.919. The van der Waals surface area contributed by atoms with Crippen LogP contribution in [-0.4, -0.2) is 63.9 Å². The second kappa shape index (κ2) is 4.19. The van der Waals surface area contributed by atoms with Crippen molar-refractivity contribution in [3.8, 4) is 0 Å². The Morgan fingerprint density at radius 3 is 2.14 bits per heavy atom. The molecular formula is C13H20N4O4. The molecule has 8 nitrogen and oxygen atoms in total. The van der Waals surface area contributed by atoms with E-state index in [9.17, 15) is 19.2 Å². The molecule has 2 aliphatic heterocycles. The summed E-state index contributed by atoms with van der Waals surface area (Å²) in [7, 11) is 3.09. The highest BCUT2D eigenvalue weighted by atomic mass is 16.2. The third-order valence-electron chi connectivity index (χ3n) is 5.01. The van der Waals surface area contributed by atoms with Crippen molar-refractivity contribution in [2.24, 2.45) is 5.92 Å². The molecule has 0 bridgehead atoms. The zero-order chi connectivity index (χ0) is 16.3. The number of carbonyl (C=O) groups excluding carboxylic acids is 4. The number of Topliss-reactive ketones (excluding diaryl/α,β-unsaturated/α-hetero) is 1. The van der Waals surface area contributed by atoms with Gasteiger partial charge in [-0.15, -0.1) is 0 Å². The molecule has 0 radical (unpaired) electrons. The molecule has 116 valence electrons. The molecule has 0 spiro atoms. The van der Waals surface area contributed by atoms with Gasteiger partial charge in [0.2, 0.25) is 5.91 Å². The Bertz CT molecular complexity index is 562. The maximum atomic E-state index is 12.5. The molecule has 0 saturated carbocycles. The number of nitrogens with zero attached hydrogens (tertiary/aromatic N) is 3. The molecular weight excluding hydrogens is 276 g/mol. The van der Waals surface area contributed by atoms with Crippen LogP contribution in [0.1, 0.15) is 27.7 Å². The van der Waals surface area contributed by atoms with Crippen LogP contribution >= 0.6 is 0 Å². The number of amides is 5. The van der Waals surface area contributed by atoms with Crippen molar-refractivity contribution in [2.75, 3.05) is 14.1 Å². The van der Waals surface area contributed by atoms with E-state index in [1.807, 2.05) is 0 Å². The number of imide groups is 1. The molecule has 0 aliphatic carbocycles. The molecule has 1 unspecified atom stereocenters. The number of rotatable bonds is 2. The van der Waals surface area contributed by atoms with E-state index in [0.717, 1.165) is 4.90 Å². The van der Waals surface area contributed by atoms with Gasteiger partial charge in [0, 0.05) is 14.1 Å². The molecule has 5 amide bonds. The third kappa shape index (κ3) is 1.55. The fourth-order valence-electron chi connectivity index (χ4n) is 2.96. The minimum absolute atomic E-state index is 0.328. The van der Waals surface area contributed by atoms with Crippen molar-refractivity contribution >= 4 is 23.8 Å². The lowest BCUT2D eigenvalue weighted by Crippen LogP contribution is -2.64. The minimum Gasteiger partial charge on any atom is -0.311 e. The number of urea groups is 2. The number of carbonyl (C=O) groups is 4. The summed E-state index contributed by atoms with van der Waals surface area (Å²) < 4.78 is 0. The second-order valence-corrected chi connectivity index (χ2v) is 5.93. The molecule has 2 rings (SSSR count). The average Bonchev–Trinajstić information content (AvgIpc) is 2.67. The number of likely N-dealkylation sites (N-methyl/N-ethyl adjacent to an activating group) is 2. The lowest BCUT2D eigenvalue weighted by molar-refractivity contribution is -0.141. The quantitative estimate of drug-likeness (QED) is 0.737. The van der Waals surface area contributed by atoms with E-state index < -0.39 is 29.2 Å². The van der Waals surface area contributed by atoms with Crippen LogP contribution in [0.2, 0.25) is 0 Å². The van der Waals surface area contributed by atoms with Gasteiger partial charge in [-0.1, -0.05) is 0 Å². The van der Waals surface area contributed by atoms with Crippen LogP contribution in [0, 0.1) is 5.92 Å². The number of hydrogen-bond donors (Lipinski definition) is 1. The summed E-state index contributed by atoms with van der Waals surface area (Å²) in [6.45, 7) is 6.07. The molecule has 8 heteroatoms. The molecule has 0 aromatic carbocycles. The lowest BCUT2D eigenvalue weighted by Gasteiger charge is -2.41. The van der Waals surface area contributed by atoms with Crippen LogP contribution in [0.25, 0.3) is 0 Å². The van der Waals surface area contributed by atoms with Crippen LogP contribution in [0.5, 0.6) is 0 Å². The van der Waals surface area contributed by atoms with Crippen LogP contribution < -0.4 is 5.32 Å². The minimum atomic E-state index is -1.23. The number of ketones is 1. The SMILES string of the molecule is CC(=O)C(C)C(=O)N1C(=O)N(C)[C@]2(C)N(C)C(=O)N[C@]12C. The molecule has 2 aliphatic rings. The molecule has 2 fully saturated rings. The number of hydrogen-bond acceptors (Lipinski definition) is 4. The second-order valence-electron chi connectivity index (χ2n) is 5.93. The normalized spacial score (nSPS) is 33.1. The van der Waals surface area contributed by atoms with E-state index >= 15 is 0 Å². The monoisotopic (exact) mass is 296 g/mol. The smallest absolute Gasteiger partial charge is 0.311 e. The van der Waals surface area contributed by atoms with E-state index in [4.69, 9.17) is 0 Å². The van der Waals surface area contributed by atoms with Gasteiger partial charge in [-0.2, -0.15) is 0 Å². The van der Waals surface area contributed by atoms with Crippen LogP contribution in [0.3, 0.4) is 0 Å². The molecule has 21 heavy (non-hydrogen) atoms. The van der Waals surface area contributed by atoms with E-state index in [2.05, 4.69) is 5.32 Å². The molecule has 1 N–H and O–H groups in total. The van der Waals surface area contributed by atoms with E-state index in [1.165, 1.54) is 30.7 Å². The summed E-state index contributed by atoms with van der Waals surface area (Å²) in [5, 5.41) is 2.69. The van der Waals surface area contributed by atoms with Gasteiger partial charge >= 0.3 is 12.1 Å². The summed E-state index contributed by atoms with van der Waals surface area (Å²) >= 11 is 0. The number of nitrogens with one attached hydrogen (secondary N) is 1. The lowest BCUT2D eigenvalue weighted by atomic mass is 9.95. The molecule has 0 aromatic heterocycles. The Hall–Kier alpha value is -2.12. The summed E-state index contributed by atoms with van der Waals surface area (Å²) in [6.07, 6.45) is 0. The summed E-state index contributed by atoms with van der Waals surface area (Å²) in [5.74, 6) is -1.88. The molecule has 0 aromatic rings. The molecule has 3 atom stereocenters. The third-order valence-corrected chi connectivity index (χ3v) is 5.01. The maximum absolute atomic E-state index is 12.5. The molecule has 2 saturated heterocycles. The maximum Gasteiger partial charge on any atom is 0.330 e. The van der Waals surface area contributed by atoms with Gasteiger partial charge < -0.3 is 15.1 Å². The predicted octanol–water partition coefficient (Wildman–Crippen LogP) is 0.193. The van der Waals surface area contributed by atoms with E-state index in [0.29, 0.717) is 0 Å². The summed E-state index contributed by atoms with van der Waals surface area (Å²) in [5.41, 5.74) is -2.25. The van der Waals surface area contributed by atoms with Crippen LogP contribution in [0.4, 0.5) is 9.59 Å². The Kier molecular flexibility index (Phi) is 3.05. The average molecular weight is 296 g/mol.